The molecule has 0 bridgehead atoms. The van der Waals surface area contributed by atoms with Gasteiger partial charge in [0.25, 0.3) is 5.91 Å². The van der Waals surface area contributed by atoms with Gasteiger partial charge in [-0.05, 0) is 25.1 Å². The minimum absolute atomic E-state index is 0.0160. The molecule has 0 aliphatic carbocycles. The largest absolute Gasteiger partial charge is 0.462 e. The number of benzene rings is 2. The minimum atomic E-state index is -0.785. The van der Waals surface area contributed by atoms with Crippen molar-refractivity contribution in [3.05, 3.63) is 65.4 Å². The number of fused-ring (bicyclic) bond motifs is 1. The number of amides is 1. The van der Waals surface area contributed by atoms with Crippen molar-refractivity contribution in [3.8, 4) is 0 Å². The van der Waals surface area contributed by atoms with Gasteiger partial charge in [-0.15, -0.1) is 0 Å². The summed E-state index contributed by atoms with van der Waals surface area (Å²) in [4.78, 5) is 36.8. The first kappa shape index (κ1) is 21.1. The number of furan rings is 1. The van der Waals surface area contributed by atoms with Crippen LogP contribution in [0.4, 0.5) is 5.69 Å². The lowest BCUT2D eigenvalue weighted by Crippen LogP contribution is -2.22. The van der Waals surface area contributed by atoms with Crippen LogP contribution in [0.2, 0.25) is 0 Å². The third-order valence-electron chi connectivity index (χ3n) is 4.20. The van der Waals surface area contributed by atoms with Gasteiger partial charge in [0, 0.05) is 18.1 Å². The summed E-state index contributed by atoms with van der Waals surface area (Å²) in [5, 5.41) is 3.29. The van der Waals surface area contributed by atoms with Crippen LogP contribution in [-0.4, -0.2) is 38.2 Å². The SMILES string of the molecule is CCOC(=O)c1ccccc1NC(=O)COC(=O)c1oc2ccccc2c1COC. The zero-order chi connectivity index (χ0) is 21.5. The molecule has 8 heteroatoms. The van der Waals surface area contributed by atoms with Gasteiger partial charge >= 0.3 is 11.9 Å². The van der Waals surface area contributed by atoms with Crippen molar-refractivity contribution in [1.82, 2.24) is 0 Å². The number of hydrogen-bond acceptors (Lipinski definition) is 7. The van der Waals surface area contributed by atoms with Crippen molar-refractivity contribution in [2.24, 2.45) is 0 Å². The van der Waals surface area contributed by atoms with E-state index in [0.29, 0.717) is 11.1 Å². The van der Waals surface area contributed by atoms with Gasteiger partial charge in [0.1, 0.15) is 5.58 Å². The number of anilines is 1. The van der Waals surface area contributed by atoms with Crippen molar-refractivity contribution in [1.29, 1.82) is 0 Å². The molecule has 3 rings (SSSR count). The van der Waals surface area contributed by atoms with Crippen LogP contribution in [0.5, 0.6) is 0 Å². The smallest absolute Gasteiger partial charge is 0.375 e. The predicted octanol–water partition coefficient (Wildman–Crippen LogP) is 3.55. The van der Waals surface area contributed by atoms with E-state index >= 15 is 0 Å². The highest BCUT2D eigenvalue weighted by molar-refractivity contribution is 6.02. The Morgan fingerprint density at radius 1 is 0.967 bits per heavy atom. The van der Waals surface area contributed by atoms with E-state index in [0.717, 1.165) is 5.39 Å². The monoisotopic (exact) mass is 411 g/mol. The van der Waals surface area contributed by atoms with Crippen molar-refractivity contribution >= 4 is 34.5 Å². The molecular weight excluding hydrogens is 390 g/mol. The van der Waals surface area contributed by atoms with Crippen LogP contribution in [0.3, 0.4) is 0 Å². The molecule has 1 amide bonds. The number of carbonyl (C=O) groups is 3. The van der Waals surface area contributed by atoms with Crippen LogP contribution >= 0.6 is 0 Å². The van der Waals surface area contributed by atoms with Gasteiger partial charge in [0.15, 0.2) is 6.61 Å². The van der Waals surface area contributed by atoms with Gasteiger partial charge in [-0.25, -0.2) is 9.59 Å². The van der Waals surface area contributed by atoms with E-state index in [-0.39, 0.29) is 30.2 Å². The average molecular weight is 411 g/mol. The van der Waals surface area contributed by atoms with Gasteiger partial charge in [0.05, 0.1) is 24.5 Å². The van der Waals surface area contributed by atoms with Crippen molar-refractivity contribution in [2.75, 3.05) is 25.6 Å². The van der Waals surface area contributed by atoms with E-state index in [9.17, 15) is 14.4 Å². The summed E-state index contributed by atoms with van der Waals surface area (Å²) >= 11 is 0. The number of para-hydroxylation sites is 2. The highest BCUT2D eigenvalue weighted by atomic mass is 16.5. The molecule has 1 aromatic heterocycles. The number of esters is 2. The van der Waals surface area contributed by atoms with Gasteiger partial charge in [0.2, 0.25) is 5.76 Å². The van der Waals surface area contributed by atoms with Crippen molar-refractivity contribution in [2.45, 2.75) is 13.5 Å². The minimum Gasteiger partial charge on any atom is -0.462 e. The average Bonchev–Trinajstić information content (AvgIpc) is 3.11. The Morgan fingerprint density at radius 3 is 2.47 bits per heavy atom. The fraction of sp³-hybridized carbons (Fsp3) is 0.227. The van der Waals surface area contributed by atoms with E-state index in [2.05, 4.69) is 5.32 Å². The third kappa shape index (κ3) is 4.66. The first-order valence-corrected chi connectivity index (χ1v) is 9.27. The van der Waals surface area contributed by atoms with Crippen LogP contribution in [0, 0.1) is 0 Å². The Balaban J connectivity index is 1.69. The Bertz CT molecular complexity index is 1070. The van der Waals surface area contributed by atoms with Crippen LogP contribution in [0.1, 0.15) is 33.4 Å². The normalized spacial score (nSPS) is 10.6. The van der Waals surface area contributed by atoms with Crippen LogP contribution < -0.4 is 5.32 Å². The lowest BCUT2D eigenvalue weighted by atomic mass is 10.1. The molecule has 0 atom stereocenters. The Hall–Kier alpha value is -3.65. The molecule has 0 aliphatic rings. The number of ether oxygens (including phenoxy) is 3. The van der Waals surface area contributed by atoms with E-state index in [4.69, 9.17) is 18.6 Å². The quantitative estimate of drug-likeness (QED) is 0.565. The second-order valence-corrected chi connectivity index (χ2v) is 6.23. The molecule has 0 fully saturated rings. The van der Waals surface area contributed by atoms with E-state index < -0.39 is 24.5 Å². The van der Waals surface area contributed by atoms with Gasteiger partial charge < -0.3 is 23.9 Å². The number of nitrogens with one attached hydrogen (secondary N) is 1. The second-order valence-electron chi connectivity index (χ2n) is 6.23. The maximum absolute atomic E-state index is 12.5. The van der Waals surface area contributed by atoms with Crippen molar-refractivity contribution < 1.29 is 33.0 Å². The maximum atomic E-state index is 12.5. The predicted molar refractivity (Wildman–Crippen MR) is 108 cm³/mol. The van der Waals surface area contributed by atoms with Gasteiger partial charge in [-0.2, -0.15) is 0 Å². The van der Waals surface area contributed by atoms with Crippen LogP contribution in [-0.2, 0) is 25.6 Å². The molecule has 156 valence electrons. The number of rotatable bonds is 8. The number of hydrogen-bond donors (Lipinski definition) is 1. The van der Waals surface area contributed by atoms with Crippen molar-refractivity contribution in [3.63, 3.8) is 0 Å². The molecule has 0 saturated heterocycles. The van der Waals surface area contributed by atoms with E-state index in [1.807, 2.05) is 12.1 Å². The molecule has 0 radical (unpaired) electrons. The summed E-state index contributed by atoms with van der Waals surface area (Å²) in [6, 6.07) is 13.5. The molecule has 0 aliphatic heterocycles. The molecule has 0 spiro atoms. The van der Waals surface area contributed by atoms with Gasteiger partial charge in [-0.3, -0.25) is 4.79 Å². The fourth-order valence-electron chi connectivity index (χ4n) is 2.91. The molecule has 0 unspecified atom stereocenters. The summed E-state index contributed by atoms with van der Waals surface area (Å²) < 4.78 is 20.8. The molecule has 2 aromatic carbocycles. The highest BCUT2D eigenvalue weighted by Crippen LogP contribution is 2.27. The summed E-state index contributed by atoms with van der Waals surface area (Å²) in [7, 11) is 1.51. The number of methoxy groups -OCH3 is 1. The molecule has 1 heterocycles. The molecule has 3 aromatic rings. The Morgan fingerprint density at radius 2 is 1.70 bits per heavy atom. The first-order valence-electron chi connectivity index (χ1n) is 9.27. The highest BCUT2D eigenvalue weighted by Gasteiger charge is 2.23. The lowest BCUT2D eigenvalue weighted by molar-refractivity contribution is -0.119. The topological polar surface area (TPSA) is 104 Å². The zero-order valence-corrected chi connectivity index (χ0v) is 16.6. The summed E-state index contributed by atoms with van der Waals surface area (Å²) in [6.07, 6.45) is 0. The molecule has 1 N–H and O–H groups in total. The molecule has 30 heavy (non-hydrogen) atoms. The summed E-state index contributed by atoms with van der Waals surface area (Å²) in [5.41, 5.74) is 1.54. The zero-order valence-electron chi connectivity index (χ0n) is 16.6. The Kier molecular flexibility index (Phi) is 6.82. The first-order chi connectivity index (χ1) is 14.5. The standard InChI is InChI=1S/C22H21NO7/c1-3-28-21(25)15-9-4-6-10-17(15)23-19(24)13-29-22(26)20-16(12-27-2)14-8-5-7-11-18(14)30-20/h4-11H,3,12-13H2,1-2H3,(H,23,24). The maximum Gasteiger partial charge on any atom is 0.375 e. The third-order valence-corrected chi connectivity index (χ3v) is 4.20. The van der Waals surface area contributed by atoms with Crippen LogP contribution in [0.25, 0.3) is 11.0 Å². The van der Waals surface area contributed by atoms with Crippen LogP contribution in [0.15, 0.2) is 52.9 Å². The fourth-order valence-corrected chi connectivity index (χ4v) is 2.91. The second kappa shape index (κ2) is 9.71. The van der Waals surface area contributed by atoms with E-state index in [1.165, 1.54) is 13.2 Å². The van der Waals surface area contributed by atoms with Gasteiger partial charge in [-0.1, -0.05) is 30.3 Å². The molecule has 0 saturated carbocycles. The summed E-state index contributed by atoms with van der Waals surface area (Å²) in [5.74, 6) is -1.97. The number of carbonyl (C=O) groups excluding carboxylic acids is 3. The molecular formula is C22H21NO7. The molecule has 8 nitrogen and oxygen atoms in total. The van der Waals surface area contributed by atoms with E-state index in [1.54, 1.807) is 37.3 Å². The lowest BCUT2D eigenvalue weighted by Gasteiger charge is -2.10. The Labute approximate surface area is 172 Å². The summed E-state index contributed by atoms with van der Waals surface area (Å²) in [6.45, 7) is 1.49.